The lowest BCUT2D eigenvalue weighted by Crippen LogP contribution is -2.33. The molecule has 0 unspecified atom stereocenters. The molecule has 0 spiro atoms. The summed E-state index contributed by atoms with van der Waals surface area (Å²) in [6.07, 6.45) is 5.56. The summed E-state index contributed by atoms with van der Waals surface area (Å²) in [5.74, 6) is 1.45. The molecule has 42 heavy (non-hydrogen) atoms. The Balaban J connectivity index is 1.96. The van der Waals surface area contributed by atoms with Crippen molar-refractivity contribution in [2.45, 2.75) is 32.1 Å². The van der Waals surface area contributed by atoms with Crippen molar-refractivity contribution in [3.8, 4) is 28.6 Å². The van der Waals surface area contributed by atoms with E-state index in [2.05, 4.69) is 24.4 Å². The second kappa shape index (κ2) is 13.2. The van der Waals surface area contributed by atoms with Crippen molar-refractivity contribution in [1.29, 1.82) is 0 Å². The van der Waals surface area contributed by atoms with Crippen molar-refractivity contribution >= 4 is 10.0 Å². The number of benzene rings is 1. The number of para-hydroxylation sites is 1. The zero-order valence-corrected chi connectivity index (χ0v) is 25.5. The highest BCUT2D eigenvalue weighted by atomic mass is 32.2. The van der Waals surface area contributed by atoms with E-state index in [-0.39, 0.29) is 24.7 Å². The number of hydrogen-bond donors (Lipinski definition) is 0. The van der Waals surface area contributed by atoms with Gasteiger partial charge in [-0.15, -0.1) is 4.40 Å². The minimum atomic E-state index is -4.28. The third-order valence-corrected chi connectivity index (χ3v) is 8.05. The van der Waals surface area contributed by atoms with Gasteiger partial charge in [-0.2, -0.15) is 5.10 Å². The van der Waals surface area contributed by atoms with Crippen LogP contribution in [0.1, 0.15) is 30.0 Å². The normalized spacial score (nSPS) is 13.6. The van der Waals surface area contributed by atoms with Gasteiger partial charge in [-0.1, -0.05) is 6.07 Å². The molecule has 4 rings (SSSR count). The van der Waals surface area contributed by atoms with E-state index >= 15 is 0 Å². The molecule has 224 valence electrons. The minimum Gasteiger partial charge on any atom is -0.494 e. The van der Waals surface area contributed by atoms with E-state index in [1.165, 1.54) is 32.9 Å². The first-order valence-corrected chi connectivity index (χ1v) is 14.6. The van der Waals surface area contributed by atoms with Gasteiger partial charge >= 0.3 is 0 Å². The summed E-state index contributed by atoms with van der Waals surface area (Å²) in [6, 6.07) is 7.14. The molecular formula is C28H35N7O6S. The van der Waals surface area contributed by atoms with Crippen molar-refractivity contribution in [3.05, 3.63) is 71.6 Å². The number of aryl methyl sites for hydroxylation is 3. The smallest absolute Gasteiger partial charge is 0.262 e. The number of methoxy groups -OCH3 is 3. The van der Waals surface area contributed by atoms with Crippen LogP contribution in [-0.4, -0.2) is 77.5 Å². The van der Waals surface area contributed by atoms with Gasteiger partial charge in [0.05, 0.1) is 27.4 Å². The van der Waals surface area contributed by atoms with Gasteiger partial charge in [-0.25, -0.2) is 23.1 Å². The van der Waals surface area contributed by atoms with Crippen molar-refractivity contribution in [3.63, 3.8) is 0 Å². The Morgan fingerprint density at radius 3 is 2.21 bits per heavy atom. The summed E-state index contributed by atoms with van der Waals surface area (Å²) in [4.78, 5) is 13.0. The average Bonchev–Trinajstić information content (AvgIpc) is 3.29. The Hall–Kier alpha value is -4.14. The van der Waals surface area contributed by atoms with Gasteiger partial charge < -0.3 is 18.9 Å². The van der Waals surface area contributed by atoms with Crippen molar-refractivity contribution in [1.82, 2.24) is 29.3 Å². The Labute approximate surface area is 244 Å². The molecule has 14 heteroatoms. The van der Waals surface area contributed by atoms with E-state index < -0.39 is 21.4 Å². The fourth-order valence-corrected chi connectivity index (χ4v) is 5.38. The Kier molecular flexibility index (Phi) is 9.70. The molecule has 2 atom stereocenters. The molecule has 3 aromatic heterocycles. The van der Waals surface area contributed by atoms with Crippen LogP contribution in [0.5, 0.6) is 11.5 Å². The van der Waals surface area contributed by atoms with Crippen molar-refractivity contribution < 1.29 is 27.4 Å². The number of rotatable bonds is 12. The third kappa shape index (κ3) is 6.50. The fraction of sp³-hybridized carbons (Fsp3) is 0.393. The zero-order chi connectivity index (χ0) is 30.4. The topological polar surface area (TPSA) is 145 Å². The number of sulfonamides is 1. The van der Waals surface area contributed by atoms with Gasteiger partial charge in [-0.3, -0.25) is 9.55 Å². The molecule has 0 aliphatic rings. The molecule has 3 heterocycles. The summed E-state index contributed by atoms with van der Waals surface area (Å²) in [5, 5.41) is 3.49. The van der Waals surface area contributed by atoms with Gasteiger partial charge in [0.2, 0.25) is 5.62 Å². The van der Waals surface area contributed by atoms with Crippen LogP contribution in [-0.2, 0) is 26.5 Å². The van der Waals surface area contributed by atoms with E-state index in [0.717, 1.165) is 11.1 Å². The van der Waals surface area contributed by atoms with E-state index in [9.17, 15) is 8.42 Å². The first-order chi connectivity index (χ1) is 20.1. The molecule has 0 saturated carbocycles. The van der Waals surface area contributed by atoms with Crippen LogP contribution in [0.2, 0.25) is 0 Å². The average molecular weight is 598 g/mol. The Morgan fingerprint density at radius 1 is 0.952 bits per heavy atom. The molecule has 13 nitrogen and oxygen atoms in total. The first-order valence-electron chi connectivity index (χ1n) is 13.1. The second-order valence-electron chi connectivity index (χ2n) is 9.56. The fourth-order valence-electron chi connectivity index (χ4n) is 4.27. The molecule has 0 N–H and O–H groups in total. The van der Waals surface area contributed by atoms with Crippen LogP contribution < -0.4 is 15.1 Å². The predicted octanol–water partition coefficient (Wildman–Crippen LogP) is 2.72. The van der Waals surface area contributed by atoms with Crippen LogP contribution >= 0.6 is 0 Å². The Morgan fingerprint density at radius 2 is 1.62 bits per heavy atom. The minimum absolute atomic E-state index is 0.00150. The lowest BCUT2D eigenvalue weighted by Gasteiger charge is -2.21. The lowest BCUT2D eigenvalue weighted by molar-refractivity contribution is 0.0118. The maximum absolute atomic E-state index is 14.0. The quantitative estimate of drug-likeness (QED) is 0.224. The maximum atomic E-state index is 14.0. The highest BCUT2D eigenvalue weighted by Crippen LogP contribution is 2.34. The molecule has 0 bridgehead atoms. The van der Waals surface area contributed by atoms with E-state index in [1.807, 2.05) is 19.9 Å². The summed E-state index contributed by atoms with van der Waals surface area (Å²) >= 11 is 0. The van der Waals surface area contributed by atoms with Gasteiger partial charge in [0, 0.05) is 44.5 Å². The highest BCUT2D eigenvalue weighted by Gasteiger charge is 2.34. The van der Waals surface area contributed by atoms with Crippen LogP contribution in [0.25, 0.3) is 17.1 Å². The second-order valence-corrected chi connectivity index (χ2v) is 11.5. The first kappa shape index (κ1) is 30.8. The van der Waals surface area contributed by atoms with E-state index in [0.29, 0.717) is 28.6 Å². The van der Waals surface area contributed by atoms with Gasteiger partial charge in [0.1, 0.15) is 28.5 Å². The molecular weight excluding hydrogens is 562 g/mol. The summed E-state index contributed by atoms with van der Waals surface area (Å²) in [7, 11) is 1.90. The van der Waals surface area contributed by atoms with Crippen LogP contribution in [0.3, 0.4) is 0 Å². The third-order valence-electron chi connectivity index (χ3n) is 6.45. The molecule has 0 saturated heterocycles. The molecule has 1 aromatic carbocycles. The standard InChI is InChI=1S/C28H35N7O6S/c1-18-13-21(17-29-14-18)27-32-34(4)28(35(27)24-22(39-6)9-8-10-23(24)40-7)33-42(36,37)20(3)25(41-12-11-38-5)26-30-15-19(2)16-31-26/h8-10,13-17,20,25H,11-12H2,1-7H3/t20-,25-/m1/s1. The van der Waals surface area contributed by atoms with Crippen molar-refractivity contribution in [2.24, 2.45) is 11.4 Å². The molecule has 0 aliphatic heterocycles. The van der Waals surface area contributed by atoms with Crippen LogP contribution in [0.15, 0.2) is 53.5 Å². The summed E-state index contributed by atoms with van der Waals surface area (Å²) in [5.41, 5.74) is 2.78. The molecule has 0 fully saturated rings. The largest absolute Gasteiger partial charge is 0.494 e. The van der Waals surface area contributed by atoms with Gasteiger partial charge in [0.25, 0.3) is 10.0 Å². The van der Waals surface area contributed by atoms with Crippen molar-refractivity contribution in [2.75, 3.05) is 34.5 Å². The van der Waals surface area contributed by atoms with Gasteiger partial charge in [0.15, 0.2) is 11.6 Å². The summed E-state index contributed by atoms with van der Waals surface area (Å²) in [6.45, 7) is 5.65. The van der Waals surface area contributed by atoms with Crippen LogP contribution in [0, 0.1) is 13.8 Å². The SMILES string of the molecule is COCCO[C@@H](c1ncc(C)cn1)[C@@H](C)S(=O)(=O)N=c1n(C)nc(-c2cncc(C)c2)n1-c1c(OC)cccc1OC. The monoisotopic (exact) mass is 597 g/mol. The number of ether oxygens (including phenoxy) is 4. The summed E-state index contributed by atoms with van der Waals surface area (Å²) < 4.78 is 57.6. The number of pyridine rings is 1. The number of aromatic nitrogens is 6. The predicted molar refractivity (Wildman–Crippen MR) is 155 cm³/mol. The highest BCUT2D eigenvalue weighted by molar-refractivity contribution is 7.90. The molecule has 0 aliphatic carbocycles. The zero-order valence-electron chi connectivity index (χ0n) is 24.7. The number of nitrogens with zero attached hydrogens (tertiary/aromatic N) is 7. The van der Waals surface area contributed by atoms with Crippen LogP contribution in [0.4, 0.5) is 0 Å². The van der Waals surface area contributed by atoms with E-state index in [4.69, 9.17) is 18.9 Å². The molecule has 0 radical (unpaired) electrons. The van der Waals surface area contributed by atoms with Gasteiger partial charge in [-0.05, 0) is 50.1 Å². The van der Waals surface area contributed by atoms with E-state index in [1.54, 1.807) is 54.6 Å². The molecule has 4 aromatic rings. The number of hydrogen-bond acceptors (Lipinski definition) is 10. The molecule has 0 amide bonds. The lowest BCUT2D eigenvalue weighted by atomic mass is 10.2. The maximum Gasteiger partial charge on any atom is 0.262 e. The Bertz CT molecular complexity index is 1680.